The number of nitrogens with zero attached hydrogens (tertiary/aromatic N) is 2. The van der Waals surface area contributed by atoms with Gasteiger partial charge in [0.25, 0.3) is 0 Å². The number of nitrogens with two attached hydrogens (primary N) is 1. The molecule has 0 saturated heterocycles. The van der Waals surface area contributed by atoms with Crippen molar-refractivity contribution in [3.05, 3.63) is 11.8 Å². The standard InChI is InChI=1S/C13H22N4/c1-10-9-12(17-13(14)15-10)16-11-7-5-3-2-4-6-8-11/h9,11H,2-8H2,1H3,(H3,14,15,16,17). The fourth-order valence-electron chi connectivity index (χ4n) is 2.48. The van der Waals surface area contributed by atoms with Crippen LogP contribution in [0, 0.1) is 6.92 Å². The molecule has 0 aromatic carbocycles. The van der Waals surface area contributed by atoms with Crippen LogP contribution >= 0.6 is 0 Å². The smallest absolute Gasteiger partial charge is 0.222 e. The van der Waals surface area contributed by atoms with Crippen molar-refractivity contribution >= 4 is 11.8 Å². The van der Waals surface area contributed by atoms with Crippen LogP contribution in [0.2, 0.25) is 0 Å². The maximum atomic E-state index is 5.66. The van der Waals surface area contributed by atoms with E-state index in [-0.39, 0.29) is 0 Å². The molecule has 4 nitrogen and oxygen atoms in total. The van der Waals surface area contributed by atoms with E-state index in [9.17, 15) is 0 Å². The number of aromatic nitrogens is 2. The van der Waals surface area contributed by atoms with E-state index in [0.717, 1.165) is 11.5 Å². The fourth-order valence-corrected chi connectivity index (χ4v) is 2.48. The maximum absolute atomic E-state index is 5.66. The first-order valence-electron chi connectivity index (χ1n) is 6.62. The highest BCUT2D eigenvalue weighted by molar-refractivity contribution is 5.41. The minimum Gasteiger partial charge on any atom is -0.368 e. The summed E-state index contributed by atoms with van der Waals surface area (Å²) in [6, 6.07) is 2.51. The van der Waals surface area contributed by atoms with Gasteiger partial charge in [0, 0.05) is 17.8 Å². The van der Waals surface area contributed by atoms with Crippen molar-refractivity contribution < 1.29 is 0 Å². The van der Waals surface area contributed by atoms with Crippen LogP contribution in [0.3, 0.4) is 0 Å². The van der Waals surface area contributed by atoms with E-state index in [2.05, 4.69) is 15.3 Å². The van der Waals surface area contributed by atoms with Crippen molar-refractivity contribution in [2.24, 2.45) is 0 Å². The zero-order valence-corrected chi connectivity index (χ0v) is 10.6. The van der Waals surface area contributed by atoms with Gasteiger partial charge in [-0.15, -0.1) is 0 Å². The van der Waals surface area contributed by atoms with E-state index in [4.69, 9.17) is 5.73 Å². The molecule has 0 radical (unpaired) electrons. The molecular formula is C13H22N4. The van der Waals surface area contributed by atoms with Crippen LogP contribution in [0.4, 0.5) is 11.8 Å². The first-order chi connectivity index (χ1) is 8.24. The van der Waals surface area contributed by atoms with Crippen molar-refractivity contribution in [3.8, 4) is 0 Å². The van der Waals surface area contributed by atoms with Gasteiger partial charge in [0.05, 0.1) is 0 Å². The second-order valence-electron chi connectivity index (χ2n) is 4.94. The van der Waals surface area contributed by atoms with E-state index >= 15 is 0 Å². The number of nitrogen functional groups attached to an aromatic ring is 1. The lowest BCUT2D eigenvalue weighted by atomic mass is 9.97. The highest BCUT2D eigenvalue weighted by Crippen LogP contribution is 2.20. The lowest BCUT2D eigenvalue weighted by molar-refractivity contribution is 0.470. The molecule has 17 heavy (non-hydrogen) atoms. The molecule has 94 valence electrons. The predicted molar refractivity (Wildman–Crippen MR) is 70.9 cm³/mol. The van der Waals surface area contributed by atoms with Crippen molar-refractivity contribution in [2.75, 3.05) is 11.1 Å². The Hall–Kier alpha value is -1.32. The lowest BCUT2D eigenvalue weighted by Crippen LogP contribution is -2.21. The highest BCUT2D eigenvalue weighted by Gasteiger charge is 2.12. The van der Waals surface area contributed by atoms with Crippen LogP contribution in [0.15, 0.2) is 6.07 Å². The van der Waals surface area contributed by atoms with Crippen LogP contribution in [0.1, 0.15) is 50.6 Å². The molecular weight excluding hydrogens is 212 g/mol. The van der Waals surface area contributed by atoms with Crippen LogP contribution in [-0.4, -0.2) is 16.0 Å². The second kappa shape index (κ2) is 5.84. The summed E-state index contributed by atoms with van der Waals surface area (Å²) in [6.07, 6.45) is 9.23. The van der Waals surface area contributed by atoms with Gasteiger partial charge in [-0.2, -0.15) is 4.98 Å². The van der Waals surface area contributed by atoms with Gasteiger partial charge in [-0.3, -0.25) is 0 Å². The molecule has 0 unspecified atom stereocenters. The third kappa shape index (κ3) is 3.88. The molecule has 0 amide bonds. The molecule has 1 aromatic rings. The average molecular weight is 234 g/mol. The van der Waals surface area contributed by atoms with Gasteiger partial charge in [-0.1, -0.05) is 32.1 Å². The third-order valence-corrected chi connectivity index (χ3v) is 3.33. The Morgan fingerprint density at radius 1 is 1.12 bits per heavy atom. The van der Waals surface area contributed by atoms with E-state index in [1.54, 1.807) is 0 Å². The normalized spacial score (nSPS) is 18.4. The summed E-state index contributed by atoms with van der Waals surface area (Å²) in [5.41, 5.74) is 6.58. The Balaban J connectivity index is 1.97. The lowest BCUT2D eigenvalue weighted by Gasteiger charge is -2.21. The topological polar surface area (TPSA) is 63.8 Å². The second-order valence-corrected chi connectivity index (χ2v) is 4.94. The zero-order chi connectivity index (χ0) is 12.1. The van der Waals surface area contributed by atoms with E-state index < -0.39 is 0 Å². The maximum Gasteiger partial charge on any atom is 0.222 e. The summed E-state index contributed by atoms with van der Waals surface area (Å²) >= 11 is 0. The minimum absolute atomic E-state index is 0.360. The Bertz CT molecular complexity index is 336. The summed E-state index contributed by atoms with van der Waals surface area (Å²) < 4.78 is 0. The van der Waals surface area contributed by atoms with Gasteiger partial charge in [0.2, 0.25) is 5.95 Å². The quantitative estimate of drug-likeness (QED) is 0.826. The molecule has 1 heterocycles. The Labute approximate surface area is 103 Å². The Morgan fingerprint density at radius 2 is 1.76 bits per heavy atom. The van der Waals surface area contributed by atoms with Crippen LogP contribution in [0.25, 0.3) is 0 Å². The average Bonchev–Trinajstić information content (AvgIpc) is 2.20. The van der Waals surface area contributed by atoms with Crippen molar-refractivity contribution in [2.45, 2.75) is 57.9 Å². The van der Waals surface area contributed by atoms with Crippen molar-refractivity contribution in [3.63, 3.8) is 0 Å². The first kappa shape index (κ1) is 12.1. The molecule has 1 aliphatic rings. The molecule has 0 aliphatic heterocycles. The van der Waals surface area contributed by atoms with Gasteiger partial charge >= 0.3 is 0 Å². The Kier molecular flexibility index (Phi) is 4.18. The van der Waals surface area contributed by atoms with Gasteiger partial charge in [-0.25, -0.2) is 4.98 Å². The van der Waals surface area contributed by atoms with E-state index in [1.165, 1.54) is 44.9 Å². The minimum atomic E-state index is 0.360. The van der Waals surface area contributed by atoms with Crippen LogP contribution in [-0.2, 0) is 0 Å². The molecule has 1 aromatic heterocycles. The fraction of sp³-hybridized carbons (Fsp3) is 0.692. The Morgan fingerprint density at radius 3 is 2.41 bits per heavy atom. The molecule has 0 spiro atoms. The van der Waals surface area contributed by atoms with Crippen LogP contribution < -0.4 is 11.1 Å². The summed E-state index contributed by atoms with van der Waals surface area (Å²) in [5, 5.41) is 3.50. The summed E-state index contributed by atoms with van der Waals surface area (Å²) in [7, 11) is 0. The first-order valence-corrected chi connectivity index (χ1v) is 6.62. The van der Waals surface area contributed by atoms with Gasteiger partial charge in [0.1, 0.15) is 5.82 Å². The molecule has 0 bridgehead atoms. The molecule has 1 saturated carbocycles. The summed E-state index contributed by atoms with van der Waals surface area (Å²) in [5.74, 6) is 1.24. The predicted octanol–water partition coefficient (Wildman–Crippen LogP) is 2.89. The molecule has 1 fully saturated rings. The largest absolute Gasteiger partial charge is 0.368 e. The highest BCUT2D eigenvalue weighted by atomic mass is 15.1. The number of nitrogens with one attached hydrogen (secondary N) is 1. The molecule has 1 aliphatic carbocycles. The summed E-state index contributed by atoms with van der Waals surface area (Å²) in [4.78, 5) is 8.33. The summed E-state index contributed by atoms with van der Waals surface area (Å²) in [6.45, 7) is 1.95. The van der Waals surface area contributed by atoms with Gasteiger partial charge < -0.3 is 11.1 Å². The number of hydrogen-bond acceptors (Lipinski definition) is 4. The SMILES string of the molecule is Cc1cc(NC2CCCCCCC2)nc(N)n1. The number of rotatable bonds is 2. The van der Waals surface area contributed by atoms with Crippen molar-refractivity contribution in [1.82, 2.24) is 9.97 Å². The molecule has 4 heteroatoms. The molecule has 3 N–H and O–H groups in total. The van der Waals surface area contributed by atoms with E-state index in [0.29, 0.717) is 12.0 Å². The monoisotopic (exact) mass is 234 g/mol. The number of anilines is 2. The zero-order valence-electron chi connectivity index (χ0n) is 10.6. The van der Waals surface area contributed by atoms with Crippen LogP contribution in [0.5, 0.6) is 0 Å². The van der Waals surface area contributed by atoms with Gasteiger partial charge in [0.15, 0.2) is 0 Å². The van der Waals surface area contributed by atoms with Crippen molar-refractivity contribution in [1.29, 1.82) is 0 Å². The number of hydrogen-bond donors (Lipinski definition) is 2. The van der Waals surface area contributed by atoms with Gasteiger partial charge in [-0.05, 0) is 19.8 Å². The third-order valence-electron chi connectivity index (χ3n) is 3.33. The number of aryl methyl sites for hydroxylation is 1. The molecule has 0 atom stereocenters. The van der Waals surface area contributed by atoms with E-state index in [1.807, 2.05) is 13.0 Å². The molecule has 2 rings (SSSR count).